The summed E-state index contributed by atoms with van der Waals surface area (Å²) in [6.45, 7) is 3.14. The Morgan fingerprint density at radius 1 is 1.18 bits per heavy atom. The third-order valence-corrected chi connectivity index (χ3v) is 9.13. The van der Waals surface area contributed by atoms with Crippen LogP contribution in [0.4, 0.5) is 9.18 Å². The van der Waals surface area contributed by atoms with E-state index in [4.69, 9.17) is 10.5 Å². The number of nitrogens with two attached hydrogens (primary N) is 1. The molecule has 2 heterocycles. The first-order valence-corrected chi connectivity index (χ1v) is 15.8. The number of fused-ring (bicyclic) bond motifs is 1. The minimum atomic E-state index is -1.49. The van der Waals surface area contributed by atoms with Gasteiger partial charge in [-0.2, -0.15) is 0 Å². The number of carbonyl (C=O) groups is 2. The fraction of sp³-hybridized carbons (Fsp3) is 0.389. The number of aromatic amines is 1. The lowest BCUT2D eigenvalue weighted by molar-refractivity contribution is -0.138. The Morgan fingerprint density at radius 3 is 2.78 bits per heavy atom. The van der Waals surface area contributed by atoms with Crippen molar-refractivity contribution in [1.29, 1.82) is 0 Å². The van der Waals surface area contributed by atoms with Crippen molar-refractivity contribution in [2.75, 3.05) is 26.7 Å². The fourth-order valence-electron chi connectivity index (χ4n) is 6.73. The average molecular weight is 615 g/mol. The Balaban J connectivity index is 1.44. The molecule has 238 valence electrons. The number of rotatable bonds is 11. The summed E-state index contributed by atoms with van der Waals surface area (Å²) in [4.78, 5) is 30.5. The number of alkyl carbamates (subject to hydrolysis) is 1. The first-order chi connectivity index (χ1) is 21.7. The maximum atomic E-state index is 15.7. The van der Waals surface area contributed by atoms with Crippen molar-refractivity contribution in [2.24, 2.45) is 11.7 Å². The second-order valence-corrected chi connectivity index (χ2v) is 12.0. The Bertz CT molecular complexity index is 1640. The maximum Gasteiger partial charge on any atom is 0.406 e. The van der Waals surface area contributed by atoms with Gasteiger partial charge in [0.2, 0.25) is 5.91 Å². The van der Waals surface area contributed by atoms with Crippen LogP contribution in [0.25, 0.3) is 22.0 Å². The average Bonchev–Trinajstić information content (AvgIpc) is 3.48. The van der Waals surface area contributed by atoms with Crippen LogP contribution >= 0.6 is 0 Å². The van der Waals surface area contributed by atoms with Gasteiger partial charge in [-0.25, -0.2) is 9.18 Å². The summed E-state index contributed by atoms with van der Waals surface area (Å²) in [7, 11) is 1.30. The van der Waals surface area contributed by atoms with Crippen molar-refractivity contribution in [3.05, 3.63) is 95.4 Å². The van der Waals surface area contributed by atoms with Crippen LogP contribution in [0.1, 0.15) is 49.3 Å². The van der Waals surface area contributed by atoms with E-state index in [0.29, 0.717) is 48.9 Å². The SMILES string of the molecule is CCc1cccc(-c2c(F)cccc2[C@](O)(CCCNC(=O)OC)[C@@H]2CCCN(C(=O)[C@H](N)Cc3c[nH]c4ccccc34)C2)c1. The lowest BCUT2D eigenvalue weighted by Gasteiger charge is -2.44. The number of hydrogen-bond acceptors (Lipinski definition) is 5. The Labute approximate surface area is 263 Å². The molecule has 5 rings (SSSR count). The normalized spacial score (nSPS) is 17.1. The van der Waals surface area contributed by atoms with E-state index in [1.54, 1.807) is 17.0 Å². The number of benzene rings is 3. The highest BCUT2D eigenvalue weighted by Crippen LogP contribution is 2.44. The number of aryl methyl sites for hydroxylation is 1. The quantitative estimate of drug-likeness (QED) is 0.162. The molecule has 1 fully saturated rings. The highest BCUT2D eigenvalue weighted by atomic mass is 19.1. The maximum absolute atomic E-state index is 15.7. The second-order valence-electron chi connectivity index (χ2n) is 12.0. The molecule has 1 aliphatic heterocycles. The van der Waals surface area contributed by atoms with E-state index >= 15 is 4.39 Å². The zero-order chi connectivity index (χ0) is 32.0. The van der Waals surface area contributed by atoms with Gasteiger partial charge in [0.25, 0.3) is 0 Å². The molecular formula is C36H43FN4O4. The molecule has 5 N–H and O–H groups in total. The van der Waals surface area contributed by atoms with Crippen LogP contribution in [0, 0.1) is 11.7 Å². The van der Waals surface area contributed by atoms with Crippen molar-refractivity contribution in [3.63, 3.8) is 0 Å². The number of carbonyl (C=O) groups excluding carboxylic acids is 2. The molecule has 0 unspecified atom stereocenters. The van der Waals surface area contributed by atoms with Gasteiger partial charge in [-0.15, -0.1) is 0 Å². The predicted octanol–water partition coefficient (Wildman–Crippen LogP) is 5.67. The van der Waals surface area contributed by atoms with Crippen LogP contribution in [-0.4, -0.2) is 59.8 Å². The minimum Gasteiger partial charge on any atom is -0.453 e. The van der Waals surface area contributed by atoms with Crippen molar-refractivity contribution in [1.82, 2.24) is 15.2 Å². The first kappa shape index (κ1) is 32.2. The molecule has 3 atom stereocenters. The van der Waals surface area contributed by atoms with Gasteiger partial charge in [0.05, 0.1) is 18.8 Å². The van der Waals surface area contributed by atoms with E-state index in [2.05, 4.69) is 10.3 Å². The van der Waals surface area contributed by atoms with Crippen molar-refractivity contribution < 1.29 is 23.8 Å². The highest BCUT2D eigenvalue weighted by Gasteiger charge is 2.43. The zero-order valence-electron chi connectivity index (χ0n) is 26.0. The van der Waals surface area contributed by atoms with E-state index in [0.717, 1.165) is 28.5 Å². The molecule has 3 aromatic carbocycles. The molecule has 45 heavy (non-hydrogen) atoms. The molecule has 0 radical (unpaired) electrons. The lowest BCUT2D eigenvalue weighted by Crippen LogP contribution is -2.52. The summed E-state index contributed by atoms with van der Waals surface area (Å²) in [5.41, 5.74) is 9.59. The van der Waals surface area contributed by atoms with Gasteiger partial charge >= 0.3 is 6.09 Å². The zero-order valence-corrected chi connectivity index (χ0v) is 26.0. The van der Waals surface area contributed by atoms with Crippen LogP contribution < -0.4 is 11.1 Å². The molecular weight excluding hydrogens is 571 g/mol. The van der Waals surface area contributed by atoms with E-state index in [1.165, 1.54) is 13.2 Å². The topological polar surface area (TPSA) is 121 Å². The summed E-state index contributed by atoms with van der Waals surface area (Å²) in [6.07, 6.45) is 4.50. The van der Waals surface area contributed by atoms with Crippen molar-refractivity contribution in [3.8, 4) is 11.1 Å². The number of hydrogen-bond donors (Lipinski definition) is 4. The van der Waals surface area contributed by atoms with Crippen molar-refractivity contribution >= 4 is 22.9 Å². The van der Waals surface area contributed by atoms with Gasteiger partial charge in [-0.05, 0) is 72.9 Å². The Hall–Kier alpha value is -4.21. The molecule has 9 heteroatoms. The molecule has 1 aliphatic rings. The number of ether oxygens (including phenoxy) is 1. The summed E-state index contributed by atoms with van der Waals surface area (Å²) in [5, 5.41) is 16.4. The largest absolute Gasteiger partial charge is 0.453 e. The summed E-state index contributed by atoms with van der Waals surface area (Å²) in [5.74, 6) is -0.977. The smallest absolute Gasteiger partial charge is 0.406 e. The van der Waals surface area contributed by atoms with Gasteiger partial charge in [0.1, 0.15) is 5.82 Å². The van der Waals surface area contributed by atoms with Crippen LogP contribution in [0.3, 0.4) is 0 Å². The molecule has 1 aromatic heterocycles. The molecule has 0 saturated carbocycles. The van der Waals surface area contributed by atoms with Crippen LogP contribution in [-0.2, 0) is 28.0 Å². The summed E-state index contributed by atoms with van der Waals surface area (Å²) < 4.78 is 20.4. The van der Waals surface area contributed by atoms with E-state index in [9.17, 15) is 14.7 Å². The van der Waals surface area contributed by atoms with E-state index < -0.39 is 23.6 Å². The van der Waals surface area contributed by atoms with Crippen LogP contribution in [0.2, 0.25) is 0 Å². The van der Waals surface area contributed by atoms with Crippen LogP contribution in [0.15, 0.2) is 72.9 Å². The predicted molar refractivity (Wildman–Crippen MR) is 174 cm³/mol. The number of para-hydroxylation sites is 1. The molecule has 0 spiro atoms. The van der Waals surface area contributed by atoms with Gasteiger partial charge in [0.15, 0.2) is 0 Å². The number of halogens is 1. The van der Waals surface area contributed by atoms with Gasteiger partial charge in [-0.3, -0.25) is 4.79 Å². The summed E-state index contributed by atoms with van der Waals surface area (Å²) in [6, 6.07) is 19.7. The van der Waals surface area contributed by atoms with Gasteiger partial charge in [0, 0.05) is 48.2 Å². The Morgan fingerprint density at radius 2 is 1.98 bits per heavy atom. The number of likely N-dealkylation sites (tertiary alicyclic amines) is 1. The number of nitrogens with zero attached hydrogens (tertiary/aromatic N) is 1. The Kier molecular flexibility index (Phi) is 10.2. The number of piperidine rings is 1. The number of aliphatic hydroxyl groups is 1. The third kappa shape index (κ3) is 7.05. The number of methoxy groups -OCH3 is 1. The molecule has 2 amide bonds. The molecule has 1 saturated heterocycles. The second kappa shape index (κ2) is 14.3. The third-order valence-electron chi connectivity index (χ3n) is 9.13. The number of aromatic nitrogens is 1. The van der Waals surface area contributed by atoms with Crippen molar-refractivity contribution in [2.45, 2.75) is 57.1 Å². The fourth-order valence-corrected chi connectivity index (χ4v) is 6.73. The number of H-pyrrole nitrogens is 1. The first-order valence-electron chi connectivity index (χ1n) is 15.8. The highest BCUT2D eigenvalue weighted by molar-refractivity contribution is 5.86. The van der Waals surface area contributed by atoms with Gasteiger partial charge < -0.3 is 30.8 Å². The molecule has 0 bridgehead atoms. The van der Waals surface area contributed by atoms with Gasteiger partial charge in [-0.1, -0.05) is 61.5 Å². The number of nitrogens with one attached hydrogen (secondary N) is 2. The standard InChI is InChI=1S/C36H43FN4O4/c1-3-24-10-6-11-25(20-24)33-29(14-7-15-30(33)37)36(44,17-9-18-39-35(43)45-2)27-12-8-19-41(23-27)34(42)31(38)21-26-22-40-32-16-5-4-13-28(26)32/h4-7,10-11,13-16,20,22,27,31,40,44H,3,8-9,12,17-19,21,23,38H2,1-2H3,(H,39,43)/t27-,31-,36+/m1/s1. The summed E-state index contributed by atoms with van der Waals surface area (Å²) >= 11 is 0. The lowest BCUT2D eigenvalue weighted by atomic mass is 9.72. The van der Waals surface area contributed by atoms with E-state index in [1.807, 2.05) is 61.7 Å². The molecule has 8 nitrogen and oxygen atoms in total. The monoisotopic (exact) mass is 614 g/mol. The van der Waals surface area contributed by atoms with Crippen LogP contribution in [0.5, 0.6) is 0 Å². The molecule has 0 aliphatic carbocycles. The minimum absolute atomic E-state index is 0.171. The van der Waals surface area contributed by atoms with E-state index in [-0.39, 0.29) is 31.3 Å². The molecule has 4 aromatic rings. The number of amides is 2.